The number of nitrogen functional groups attached to an aromatic ring is 1. The number of hydrogen-bond donors (Lipinski definition) is 1. The highest BCUT2D eigenvalue weighted by Crippen LogP contribution is 2.19. The molecule has 2 aromatic carbocycles. The third kappa shape index (κ3) is 2.48. The van der Waals surface area contributed by atoms with Crippen molar-refractivity contribution < 1.29 is 4.79 Å². The van der Waals surface area contributed by atoms with Crippen molar-refractivity contribution in [1.29, 1.82) is 0 Å². The molecule has 0 saturated heterocycles. The van der Waals surface area contributed by atoms with Gasteiger partial charge in [-0.05, 0) is 30.7 Å². The molecule has 0 bridgehead atoms. The van der Waals surface area contributed by atoms with E-state index in [1.165, 1.54) is 0 Å². The zero-order valence-electron chi connectivity index (χ0n) is 9.41. The summed E-state index contributed by atoms with van der Waals surface area (Å²) < 4.78 is 0. The van der Waals surface area contributed by atoms with E-state index in [4.69, 9.17) is 17.3 Å². The fourth-order valence-corrected chi connectivity index (χ4v) is 1.76. The number of rotatable bonds is 2. The summed E-state index contributed by atoms with van der Waals surface area (Å²) in [5.74, 6) is -0.0702. The van der Waals surface area contributed by atoms with Crippen LogP contribution in [0.3, 0.4) is 0 Å². The number of carbonyl (C=O) groups is 1. The van der Waals surface area contributed by atoms with Crippen molar-refractivity contribution in [2.75, 3.05) is 5.73 Å². The van der Waals surface area contributed by atoms with E-state index in [2.05, 4.69) is 0 Å². The van der Waals surface area contributed by atoms with Gasteiger partial charge in [0.1, 0.15) is 0 Å². The van der Waals surface area contributed by atoms with E-state index in [-0.39, 0.29) is 5.78 Å². The Morgan fingerprint density at radius 1 is 1.12 bits per heavy atom. The summed E-state index contributed by atoms with van der Waals surface area (Å²) in [5, 5.41) is 0.597. The molecular weight excluding hydrogens is 234 g/mol. The molecule has 0 radical (unpaired) electrons. The zero-order chi connectivity index (χ0) is 12.4. The lowest BCUT2D eigenvalue weighted by molar-refractivity contribution is 0.103. The Balaban J connectivity index is 2.40. The third-order valence-corrected chi connectivity index (χ3v) is 2.99. The molecule has 3 heteroatoms. The predicted octanol–water partition coefficient (Wildman–Crippen LogP) is 3.46. The van der Waals surface area contributed by atoms with Gasteiger partial charge in [0.2, 0.25) is 0 Å². The molecule has 0 aliphatic heterocycles. The van der Waals surface area contributed by atoms with E-state index >= 15 is 0 Å². The van der Waals surface area contributed by atoms with E-state index in [0.717, 1.165) is 5.56 Å². The fourth-order valence-electron chi connectivity index (χ4n) is 1.58. The summed E-state index contributed by atoms with van der Waals surface area (Å²) in [5.41, 5.74) is 8.33. The molecule has 0 aliphatic carbocycles. The van der Waals surface area contributed by atoms with Crippen LogP contribution in [-0.2, 0) is 0 Å². The number of nitrogens with two attached hydrogens (primary N) is 1. The fraction of sp³-hybridized carbons (Fsp3) is 0.0714. The molecule has 0 aliphatic rings. The standard InChI is InChI=1S/C14H12ClNO/c1-9-5-6-11(8-13(9)15)14(17)10-3-2-4-12(16)7-10/h2-8H,16H2,1H3. The second-order valence-corrected chi connectivity index (χ2v) is 4.33. The highest BCUT2D eigenvalue weighted by molar-refractivity contribution is 6.31. The lowest BCUT2D eigenvalue weighted by Crippen LogP contribution is -2.02. The molecule has 0 unspecified atom stereocenters. The van der Waals surface area contributed by atoms with Gasteiger partial charge in [-0.3, -0.25) is 4.79 Å². The summed E-state index contributed by atoms with van der Waals surface area (Å²) >= 11 is 6.00. The number of halogens is 1. The van der Waals surface area contributed by atoms with Crippen molar-refractivity contribution >= 4 is 23.1 Å². The van der Waals surface area contributed by atoms with Gasteiger partial charge in [0.05, 0.1) is 0 Å². The van der Waals surface area contributed by atoms with Gasteiger partial charge in [-0.25, -0.2) is 0 Å². The van der Waals surface area contributed by atoms with E-state index < -0.39 is 0 Å². The van der Waals surface area contributed by atoms with Gasteiger partial charge < -0.3 is 5.73 Å². The van der Waals surface area contributed by atoms with Gasteiger partial charge in [-0.2, -0.15) is 0 Å². The second kappa shape index (κ2) is 4.60. The number of anilines is 1. The van der Waals surface area contributed by atoms with Gasteiger partial charge >= 0.3 is 0 Å². The van der Waals surface area contributed by atoms with Gasteiger partial charge in [0, 0.05) is 21.8 Å². The SMILES string of the molecule is Cc1ccc(C(=O)c2cccc(N)c2)cc1Cl. The maximum atomic E-state index is 12.1. The van der Waals surface area contributed by atoms with Crippen molar-refractivity contribution in [1.82, 2.24) is 0 Å². The molecule has 0 amide bonds. The van der Waals surface area contributed by atoms with E-state index in [1.54, 1.807) is 36.4 Å². The minimum atomic E-state index is -0.0702. The molecule has 2 aromatic rings. The molecule has 2 rings (SSSR count). The molecule has 0 saturated carbocycles. The predicted molar refractivity (Wildman–Crippen MR) is 70.5 cm³/mol. The maximum Gasteiger partial charge on any atom is 0.193 e. The minimum absolute atomic E-state index is 0.0702. The van der Waals surface area contributed by atoms with Crippen molar-refractivity contribution in [3.8, 4) is 0 Å². The summed E-state index contributed by atoms with van der Waals surface area (Å²) in [7, 11) is 0. The van der Waals surface area contributed by atoms with Crippen molar-refractivity contribution in [2.24, 2.45) is 0 Å². The minimum Gasteiger partial charge on any atom is -0.399 e. The van der Waals surface area contributed by atoms with Crippen LogP contribution in [-0.4, -0.2) is 5.78 Å². The van der Waals surface area contributed by atoms with E-state index in [0.29, 0.717) is 21.8 Å². The largest absolute Gasteiger partial charge is 0.399 e. The van der Waals surface area contributed by atoms with Gasteiger partial charge in [0.15, 0.2) is 5.78 Å². The van der Waals surface area contributed by atoms with E-state index in [9.17, 15) is 4.79 Å². The Bertz CT molecular complexity index is 578. The molecular formula is C14H12ClNO. The number of carbonyl (C=O) groups excluding carboxylic acids is 1. The summed E-state index contributed by atoms with van der Waals surface area (Å²) in [6.07, 6.45) is 0. The van der Waals surface area contributed by atoms with Crippen LogP contribution in [0.25, 0.3) is 0 Å². The van der Waals surface area contributed by atoms with Crippen LogP contribution in [0.4, 0.5) is 5.69 Å². The Kier molecular flexibility index (Phi) is 3.16. The van der Waals surface area contributed by atoms with Crippen LogP contribution in [0.1, 0.15) is 21.5 Å². The lowest BCUT2D eigenvalue weighted by atomic mass is 10.0. The molecule has 0 fully saturated rings. The van der Waals surface area contributed by atoms with Crippen LogP contribution in [0, 0.1) is 6.92 Å². The van der Waals surface area contributed by atoms with Crippen molar-refractivity contribution in [3.05, 3.63) is 64.2 Å². The number of aryl methyl sites for hydroxylation is 1. The van der Waals surface area contributed by atoms with Crippen LogP contribution >= 0.6 is 11.6 Å². The summed E-state index contributed by atoms with van der Waals surface area (Å²) in [6.45, 7) is 1.90. The molecule has 86 valence electrons. The quantitative estimate of drug-likeness (QED) is 0.650. The third-order valence-electron chi connectivity index (χ3n) is 2.58. The zero-order valence-corrected chi connectivity index (χ0v) is 10.2. The number of ketones is 1. The first-order valence-corrected chi connectivity index (χ1v) is 5.62. The average molecular weight is 246 g/mol. The highest BCUT2D eigenvalue weighted by Gasteiger charge is 2.10. The summed E-state index contributed by atoms with van der Waals surface area (Å²) in [6, 6.07) is 12.2. The normalized spacial score (nSPS) is 10.2. The lowest BCUT2D eigenvalue weighted by Gasteiger charge is -2.04. The van der Waals surface area contributed by atoms with E-state index in [1.807, 2.05) is 13.0 Å². The number of hydrogen-bond acceptors (Lipinski definition) is 2. The van der Waals surface area contributed by atoms with Crippen LogP contribution in [0.5, 0.6) is 0 Å². The Morgan fingerprint density at radius 2 is 1.82 bits per heavy atom. The molecule has 0 aromatic heterocycles. The molecule has 0 atom stereocenters. The highest BCUT2D eigenvalue weighted by atomic mass is 35.5. The monoisotopic (exact) mass is 245 g/mol. The first-order valence-electron chi connectivity index (χ1n) is 5.24. The topological polar surface area (TPSA) is 43.1 Å². The van der Waals surface area contributed by atoms with Crippen molar-refractivity contribution in [2.45, 2.75) is 6.92 Å². The molecule has 2 N–H and O–H groups in total. The molecule has 0 heterocycles. The van der Waals surface area contributed by atoms with Crippen molar-refractivity contribution in [3.63, 3.8) is 0 Å². The van der Waals surface area contributed by atoms with Crippen LogP contribution in [0.15, 0.2) is 42.5 Å². The molecule has 2 nitrogen and oxygen atoms in total. The Labute approximate surface area is 105 Å². The van der Waals surface area contributed by atoms with Gasteiger partial charge in [-0.15, -0.1) is 0 Å². The number of benzene rings is 2. The second-order valence-electron chi connectivity index (χ2n) is 3.92. The summed E-state index contributed by atoms with van der Waals surface area (Å²) in [4.78, 5) is 12.1. The molecule has 17 heavy (non-hydrogen) atoms. The average Bonchev–Trinajstić information content (AvgIpc) is 2.32. The first-order chi connectivity index (χ1) is 8.08. The first kappa shape index (κ1) is 11.7. The van der Waals surface area contributed by atoms with Crippen LogP contribution < -0.4 is 5.73 Å². The van der Waals surface area contributed by atoms with Gasteiger partial charge in [0.25, 0.3) is 0 Å². The maximum absolute atomic E-state index is 12.1. The Morgan fingerprint density at radius 3 is 2.47 bits per heavy atom. The molecule has 0 spiro atoms. The Hall–Kier alpha value is -1.80. The van der Waals surface area contributed by atoms with Crippen LogP contribution in [0.2, 0.25) is 5.02 Å². The van der Waals surface area contributed by atoms with Gasteiger partial charge in [-0.1, -0.05) is 35.9 Å². The smallest absolute Gasteiger partial charge is 0.193 e.